The van der Waals surface area contributed by atoms with Crippen LogP contribution in [-0.4, -0.2) is 24.4 Å². The highest BCUT2D eigenvalue weighted by atomic mass is 16.5. The van der Waals surface area contributed by atoms with Crippen molar-refractivity contribution in [2.24, 2.45) is 5.92 Å². The number of hydrogen-bond acceptors (Lipinski definition) is 3. The topological polar surface area (TPSA) is 38.7 Å². The van der Waals surface area contributed by atoms with Crippen LogP contribution in [0.25, 0.3) is 0 Å². The number of fused-ring (bicyclic) bond motifs is 1. The van der Waals surface area contributed by atoms with Gasteiger partial charge < -0.3 is 14.6 Å². The SMILES string of the molecule is Cc1ccc2c(c1)[C@@H](O)CC(C1CCCOC1)O2. The van der Waals surface area contributed by atoms with Crippen LogP contribution in [0.3, 0.4) is 0 Å². The van der Waals surface area contributed by atoms with Gasteiger partial charge in [-0.15, -0.1) is 0 Å². The van der Waals surface area contributed by atoms with Gasteiger partial charge in [0.1, 0.15) is 11.9 Å². The maximum Gasteiger partial charge on any atom is 0.125 e. The Hall–Kier alpha value is -1.06. The number of benzene rings is 1. The van der Waals surface area contributed by atoms with Crippen LogP contribution in [0.4, 0.5) is 0 Å². The van der Waals surface area contributed by atoms with Gasteiger partial charge in [-0.05, 0) is 31.9 Å². The Bertz CT molecular complexity index is 424. The lowest BCUT2D eigenvalue weighted by Gasteiger charge is -2.36. The van der Waals surface area contributed by atoms with Gasteiger partial charge in [-0.25, -0.2) is 0 Å². The summed E-state index contributed by atoms with van der Waals surface area (Å²) in [5.41, 5.74) is 2.10. The molecule has 1 aromatic rings. The van der Waals surface area contributed by atoms with Crippen molar-refractivity contribution in [2.45, 2.75) is 38.4 Å². The van der Waals surface area contributed by atoms with E-state index in [1.54, 1.807) is 0 Å². The average molecular weight is 248 g/mol. The summed E-state index contributed by atoms with van der Waals surface area (Å²) < 4.78 is 11.6. The summed E-state index contributed by atoms with van der Waals surface area (Å²) in [4.78, 5) is 0. The minimum atomic E-state index is -0.402. The summed E-state index contributed by atoms with van der Waals surface area (Å²) in [6.07, 6.45) is 2.61. The quantitative estimate of drug-likeness (QED) is 0.830. The third-order valence-electron chi connectivity index (χ3n) is 3.98. The summed E-state index contributed by atoms with van der Waals surface area (Å²) in [5, 5.41) is 10.3. The van der Waals surface area contributed by atoms with Crippen molar-refractivity contribution in [3.05, 3.63) is 29.3 Å². The third kappa shape index (κ3) is 2.25. The summed E-state index contributed by atoms with van der Waals surface area (Å²) in [6, 6.07) is 6.03. The smallest absolute Gasteiger partial charge is 0.125 e. The lowest BCUT2D eigenvalue weighted by molar-refractivity contribution is -0.0286. The zero-order chi connectivity index (χ0) is 12.5. The van der Waals surface area contributed by atoms with Crippen molar-refractivity contribution in [1.82, 2.24) is 0 Å². The second-order valence-electron chi connectivity index (χ2n) is 5.43. The fraction of sp³-hybridized carbons (Fsp3) is 0.600. The molecule has 2 heterocycles. The van der Waals surface area contributed by atoms with Gasteiger partial charge in [0.05, 0.1) is 12.7 Å². The highest BCUT2D eigenvalue weighted by Crippen LogP contribution is 2.38. The molecule has 1 N–H and O–H groups in total. The predicted octanol–water partition coefficient (Wildman–Crippen LogP) is 2.61. The maximum absolute atomic E-state index is 10.3. The highest BCUT2D eigenvalue weighted by molar-refractivity contribution is 5.40. The predicted molar refractivity (Wildman–Crippen MR) is 68.7 cm³/mol. The summed E-state index contributed by atoms with van der Waals surface area (Å²) >= 11 is 0. The summed E-state index contributed by atoms with van der Waals surface area (Å²) in [7, 11) is 0. The second-order valence-corrected chi connectivity index (χ2v) is 5.43. The van der Waals surface area contributed by atoms with Gasteiger partial charge in [0.15, 0.2) is 0 Å². The lowest BCUT2D eigenvalue weighted by Crippen LogP contribution is -2.37. The number of rotatable bonds is 1. The second kappa shape index (κ2) is 4.90. The molecule has 18 heavy (non-hydrogen) atoms. The lowest BCUT2D eigenvalue weighted by atomic mass is 9.88. The van der Waals surface area contributed by atoms with Gasteiger partial charge in [-0.3, -0.25) is 0 Å². The van der Waals surface area contributed by atoms with E-state index in [-0.39, 0.29) is 6.10 Å². The fourth-order valence-corrected chi connectivity index (χ4v) is 2.94. The van der Waals surface area contributed by atoms with E-state index in [2.05, 4.69) is 0 Å². The molecule has 2 aliphatic rings. The van der Waals surface area contributed by atoms with Crippen LogP contribution in [0.5, 0.6) is 5.75 Å². The van der Waals surface area contributed by atoms with Gasteiger partial charge in [0.25, 0.3) is 0 Å². The van der Waals surface area contributed by atoms with Gasteiger partial charge in [-0.1, -0.05) is 11.6 Å². The third-order valence-corrected chi connectivity index (χ3v) is 3.98. The van der Waals surface area contributed by atoms with Crippen LogP contribution in [0.15, 0.2) is 18.2 Å². The van der Waals surface area contributed by atoms with E-state index in [4.69, 9.17) is 9.47 Å². The van der Waals surface area contributed by atoms with Crippen molar-refractivity contribution < 1.29 is 14.6 Å². The van der Waals surface area contributed by atoms with E-state index < -0.39 is 6.10 Å². The van der Waals surface area contributed by atoms with E-state index in [9.17, 15) is 5.11 Å². The van der Waals surface area contributed by atoms with Crippen LogP contribution in [0.2, 0.25) is 0 Å². The van der Waals surface area contributed by atoms with Gasteiger partial charge in [-0.2, -0.15) is 0 Å². The Balaban J connectivity index is 1.80. The first-order chi connectivity index (χ1) is 8.74. The van der Waals surface area contributed by atoms with Crippen molar-refractivity contribution in [2.75, 3.05) is 13.2 Å². The number of aliphatic hydroxyl groups is 1. The van der Waals surface area contributed by atoms with E-state index in [0.29, 0.717) is 12.3 Å². The molecule has 3 nitrogen and oxygen atoms in total. The Morgan fingerprint density at radius 1 is 1.33 bits per heavy atom. The molecule has 1 fully saturated rings. The Kier molecular flexibility index (Phi) is 3.27. The minimum absolute atomic E-state index is 0.0931. The first-order valence-corrected chi connectivity index (χ1v) is 6.77. The average Bonchev–Trinajstić information content (AvgIpc) is 2.40. The number of aliphatic hydroxyl groups excluding tert-OH is 1. The molecule has 0 aliphatic carbocycles. The molecule has 0 amide bonds. The largest absolute Gasteiger partial charge is 0.490 e. The van der Waals surface area contributed by atoms with E-state index in [0.717, 1.165) is 42.9 Å². The van der Waals surface area contributed by atoms with Gasteiger partial charge >= 0.3 is 0 Å². The van der Waals surface area contributed by atoms with Crippen LogP contribution < -0.4 is 4.74 Å². The summed E-state index contributed by atoms with van der Waals surface area (Å²) in [5.74, 6) is 1.26. The van der Waals surface area contributed by atoms with Crippen molar-refractivity contribution in [3.8, 4) is 5.75 Å². The number of aryl methyl sites for hydroxylation is 1. The Morgan fingerprint density at radius 3 is 3.00 bits per heavy atom. The molecule has 3 heteroatoms. The number of hydrogen-bond donors (Lipinski definition) is 1. The molecule has 0 saturated carbocycles. The molecule has 98 valence electrons. The Labute approximate surface area is 108 Å². The molecule has 3 atom stereocenters. The maximum atomic E-state index is 10.3. The minimum Gasteiger partial charge on any atom is -0.490 e. The summed E-state index contributed by atoms with van der Waals surface area (Å²) in [6.45, 7) is 3.66. The normalized spacial score (nSPS) is 31.6. The van der Waals surface area contributed by atoms with Crippen LogP contribution in [0, 0.1) is 12.8 Å². The fourth-order valence-electron chi connectivity index (χ4n) is 2.94. The molecule has 0 spiro atoms. The molecule has 0 bridgehead atoms. The van der Waals surface area contributed by atoms with Gasteiger partial charge in [0, 0.05) is 24.5 Å². The molecule has 2 aliphatic heterocycles. The van der Waals surface area contributed by atoms with Crippen LogP contribution >= 0.6 is 0 Å². The zero-order valence-corrected chi connectivity index (χ0v) is 10.8. The molecule has 1 saturated heterocycles. The molecule has 1 aromatic carbocycles. The van der Waals surface area contributed by atoms with E-state index in [1.165, 1.54) is 0 Å². The highest BCUT2D eigenvalue weighted by Gasteiger charge is 2.33. The van der Waals surface area contributed by atoms with Crippen LogP contribution in [-0.2, 0) is 4.74 Å². The first kappa shape index (κ1) is 12.0. The van der Waals surface area contributed by atoms with Crippen molar-refractivity contribution in [1.29, 1.82) is 0 Å². The number of ether oxygens (including phenoxy) is 2. The molecule has 2 unspecified atom stereocenters. The standard InChI is InChI=1S/C15H20O3/c1-10-4-5-14-12(7-10)13(16)8-15(18-14)11-3-2-6-17-9-11/h4-5,7,11,13,15-16H,2-3,6,8-9H2,1H3/t11?,13-,15?/m0/s1. The molecular formula is C15H20O3. The van der Waals surface area contributed by atoms with E-state index >= 15 is 0 Å². The van der Waals surface area contributed by atoms with Crippen LogP contribution in [0.1, 0.15) is 36.5 Å². The molecule has 0 radical (unpaired) electrons. The molecule has 0 aromatic heterocycles. The monoisotopic (exact) mass is 248 g/mol. The van der Waals surface area contributed by atoms with Crippen molar-refractivity contribution >= 4 is 0 Å². The van der Waals surface area contributed by atoms with Gasteiger partial charge in [0.2, 0.25) is 0 Å². The first-order valence-electron chi connectivity index (χ1n) is 6.77. The Morgan fingerprint density at radius 2 is 2.22 bits per heavy atom. The molecular weight excluding hydrogens is 228 g/mol. The van der Waals surface area contributed by atoms with Crippen molar-refractivity contribution in [3.63, 3.8) is 0 Å². The van der Waals surface area contributed by atoms with E-state index in [1.807, 2.05) is 25.1 Å². The zero-order valence-electron chi connectivity index (χ0n) is 10.8. The molecule has 3 rings (SSSR count).